The first-order chi connectivity index (χ1) is 11.5. The van der Waals surface area contributed by atoms with Crippen LogP contribution >= 0.6 is 0 Å². The quantitative estimate of drug-likeness (QED) is 0.937. The van der Waals surface area contributed by atoms with E-state index in [1.807, 2.05) is 30.3 Å². The van der Waals surface area contributed by atoms with Gasteiger partial charge < -0.3 is 10.2 Å². The van der Waals surface area contributed by atoms with E-state index in [4.69, 9.17) is 0 Å². The lowest BCUT2D eigenvalue weighted by Crippen LogP contribution is -2.28. The maximum Gasteiger partial charge on any atom is 0.229 e. The van der Waals surface area contributed by atoms with E-state index >= 15 is 0 Å². The number of halogens is 2. The largest absolute Gasteiger partial charge is 0.338 e. The topological polar surface area (TPSA) is 49.4 Å². The average Bonchev–Trinajstić information content (AvgIpc) is 2.93. The van der Waals surface area contributed by atoms with Crippen LogP contribution in [0.1, 0.15) is 12.0 Å². The lowest BCUT2D eigenvalue weighted by Gasteiger charge is -2.16. The normalized spacial score (nSPS) is 17.2. The molecule has 0 bridgehead atoms. The summed E-state index contributed by atoms with van der Waals surface area (Å²) in [5.74, 6) is -2.54. The molecule has 2 aromatic rings. The summed E-state index contributed by atoms with van der Waals surface area (Å²) in [6.07, 6.45) is 0.0651. The predicted molar refractivity (Wildman–Crippen MR) is 85.0 cm³/mol. The van der Waals surface area contributed by atoms with E-state index in [-0.39, 0.29) is 24.6 Å². The Morgan fingerprint density at radius 2 is 1.92 bits per heavy atom. The summed E-state index contributed by atoms with van der Waals surface area (Å²) < 4.78 is 26.8. The summed E-state index contributed by atoms with van der Waals surface area (Å²) >= 11 is 0. The van der Waals surface area contributed by atoms with Crippen LogP contribution in [0.3, 0.4) is 0 Å². The van der Waals surface area contributed by atoms with Gasteiger partial charge in [-0.2, -0.15) is 0 Å². The molecule has 1 heterocycles. The minimum Gasteiger partial charge on any atom is -0.338 e. The van der Waals surface area contributed by atoms with Gasteiger partial charge in [0.05, 0.1) is 11.6 Å². The molecule has 1 fully saturated rings. The molecule has 1 unspecified atom stereocenters. The molecule has 0 radical (unpaired) electrons. The van der Waals surface area contributed by atoms with E-state index in [2.05, 4.69) is 5.32 Å². The van der Waals surface area contributed by atoms with Gasteiger partial charge in [0.25, 0.3) is 0 Å². The highest BCUT2D eigenvalue weighted by molar-refractivity contribution is 5.97. The molecule has 0 saturated carbocycles. The highest BCUT2D eigenvalue weighted by Crippen LogP contribution is 2.23. The van der Waals surface area contributed by atoms with Crippen molar-refractivity contribution >= 4 is 17.5 Å². The fourth-order valence-corrected chi connectivity index (χ4v) is 2.73. The van der Waals surface area contributed by atoms with Crippen molar-refractivity contribution < 1.29 is 18.4 Å². The molecule has 0 aromatic heterocycles. The van der Waals surface area contributed by atoms with Crippen LogP contribution in [0, 0.1) is 17.6 Å². The van der Waals surface area contributed by atoms with Gasteiger partial charge in [-0.3, -0.25) is 9.59 Å². The standard InChI is InChI=1S/C18H16F2N2O2/c19-14-6-7-15(20)16(9-14)21-18(24)13-8-17(23)22(11-13)10-12-4-2-1-3-5-12/h1-7,9,13H,8,10-11H2,(H,21,24). The predicted octanol–water partition coefficient (Wildman–Crippen LogP) is 2.95. The van der Waals surface area contributed by atoms with E-state index in [1.54, 1.807) is 4.90 Å². The molecule has 1 aliphatic rings. The summed E-state index contributed by atoms with van der Waals surface area (Å²) in [7, 11) is 0. The van der Waals surface area contributed by atoms with Crippen molar-refractivity contribution in [3.8, 4) is 0 Å². The van der Waals surface area contributed by atoms with Crippen molar-refractivity contribution in [3.63, 3.8) is 0 Å². The number of anilines is 1. The molecule has 1 saturated heterocycles. The van der Waals surface area contributed by atoms with Crippen LogP contribution in [-0.4, -0.2) is 23.3 Å². The number of rotatable bonds is 4. The van der Waals surface area contributed by atoms with Gasteiger partial charge >= 0.3 is 0 Å². The number of benzene rings is 2. The van der Waals surface area contributed by atoms with Crippen molar-refractivity contribution in [3.05, 3.63) is 65.7 Å². The van der Waals surface area contributed by atoms with Gasteiger partial charge in [0, 0.05) is 25.6 Å². The summed E-state index contributed by atoms with van der Waals surface area (Å²) in [6, 6.07) is 12.3. The highest BCUT2D eigenvalue weighted by Gasteiger charge is 2.34. The SMILES string of the molecule is O=C(Nc1cc(F)ccc1F)C1CC(=O)N(Cc2ccccc2)C1. The monoisotopic (exact) mass is 330 g/mol. The number of nitrogens with zero attached hydrogens (tertiary/aromatic N) is 1. The molecule has 0 aliphatic carbocycles. The maximum atomic E-state index is 13.6. The number of carbonyl (C=O) groups is 2. The second-order valence-electron chi connectivity index (χ2n) is 5.77. The first-order valence-corrected chi connectivity index (χ1v) is 7.60. The summed E-state index contributed by atoms with van der Waals surface area (Å²) in [4.78, 5) is 25.9. The fraction of sp³-hybridized carbons (Fsp3) is 0.222. The third kappa shape index (κ3) is 3.59. The first kappa shape index (κ1) is 16.1. The molecule has 6 heteroatoms. The van der Waals surface area contributed by atoms with Crippen LogP contribution in [0.25, 0.3) is 0 Å². The number of hydrogen-bond acceptors (Lipinski definition) is 2. The molecule has 1 N–H and O–H groups in total. The van der Waals surface area contributed by atoms with Crippen molar-refractivity contribution in [2.45, 2.75) is 13.0 Å². The summed E-state index contributed by atoms with van der Waals surface area (Å²) in [5.41, 5.74) is 0.761. The van der Waals surface area contributed by atoms with E-state index in [0.29, 0.717) is 6.54 Å². The van der Waals surface area contributed by atoms with E-state index < -0.39 is 23.5 Å². The van der Waals surface area contributed by atoms with Crippen molar-refractivity contribution in [2.75, 3.05) is 11.9 Å². The Hall–Kier alpha value is -2.76. The van der Waals surface area contributed by atoms with Crippen molar-refractivity contribution in [1.82, 2.24) is 4.90 Å². The number of carbonyl (C=O) groups excluding carboxylic acids is 2. The molecular weight excluding hydrogens is 314 g/mol. The summed E-state index contributed by atoms with van der Waals surface area (Å²) in [6.45, 7) is 0.689. The third-order valence-corrected chi connectivity index (χ3v) is 3.99. The van der Waals surface area contributed by atoms with Crippen LogP contribution < -0.4 is 5.32 Å². The van der Waals surface area contributed by atoms with E-state index in [9.17, 15) is 18.4 Å². The highest BCUT2D eigenvalue weighted by atomic mass is 19.1. The zero-order chi connectivity index (χ0) is 17.1. The van der Waals surface area contributed by atoms with Crippen LogP contribution in [0.2, 0.25) is 0 Å². The molecule has 4 nitrogen and oxygen atoms in total. The zero-order valence-corrected chi connectivity index (χ0v) is 12.8. The molecule has 0 spiro atoms. The van der Waals surface area contributed by atoms with Gasteiger partial charge in [0.15, 0.2) is 0 Å². The molecular formula is C18H16F2N2O2. The Bertz CT molecular complexity index is 765. The molecule has 24 heavy (non-hydrogen) atoms. The van der Waals surface area contributed by atoms with Crippen LogP contribution in [-0.2, 0) is 16.1 Å². The molecule has 1 atom stereocenters. The Morgan fingerprint density at radius 1 is 1.17 bits per heavy atom. The van der Waals surface area contributed by atoms with Crippen molar-refractivity contribution in [1.29, 1.82) is 0 Å². The second-order valence-corrected chi connectivity index (χ2v) is 5.77. The Kier molecular flexibility index (Phi) is 4.55. The molecule has 2 aromatic carbocycles. The van der Waals surface area contributed by atoms with E-state index in [0.717, 1.165) is 23.8 Å². The Balaban J connectivity index is 1.64. The Morgan fingerprint density at radius 3 is 2.67 bits per heavy atom. The third-order valence-electron chi connectivity index (χ3n) is 3.99. The van der Waals surface area contributed by atoms with Gasteiger partial charge in [-0.25, -0.2) is 8.78 Å². The van der Waals surface area contributed by atoms with Gasteiger partial charge in [0.1, 0.15) is 11.6 Å². The van der Waals surface area contributed by atoms with Gasteiger partial charge in [-0.1, -0.05) is 30.3 Å². The maximum absolute atomic E-state index is 13.6. The van der Waals surface area contributed by atoms with E-state index in [1.165, 1.54) is 0 Å². The lowest BCUT2D eigenvalue weighted by atomic mass is 10.1. The molecule has 1 aliphatic heterocycles. The zero-order valence-electron chi connectivity index (χ0n) is 12.8. The number of amides is 2. The fourth-order valence-electron chi connectivity index (χ4n) is 2.73. The second kappa shape index (κ2) is 6.78. The number of nitrogens with one attached hydrogen (secondary N) is 1. The number of hydrogen-bond donors (Lipinski definition) is 1. The molecule has 3 rings (SSSR count). The molecule has 2 amide bonds. The molecule has 124 valence electrons. The van der Waals surface area contributed by atoms with Gasteiger partial charge in [-0.05, 0) is 17.7 Å². The van der Waals surface area contributed by atoms with Crippen LogP contribution in [0.15, 0.2) is 48.5 Å². The first-order valence-electron chi connectivity index (χ1n) is 7.60. The lowest BCUT2D eigenvalue weighted by molar-refractivity contribution is -0.128. The Labute approximate surface area is 138 Å². The van der Waals surface area contributed by atoms with Crippen molar-refractivity contribution in [2.24, 2.45) is 5.92 Å². The average molecular weight is 330 g/mol. The smallest absolute Gasteiger partial charge is 0.229 e. The van der Waals surface area contributed by atoms with Gasteiger partial charge in [0.2, 0.25) is 11.8 Å². The minimum absolute atomic E-state index is 0.0651. The van der Waals surface area contributed by atoms with Crippen LogP contribution in [0.4, 0.5) is 14.5 Å². The minimum atomic E-state index is -0.713. The van der Waals surface area contributed by atoms with Gasteiger partial charge in [-0.15, -0.1) is 0 Å². The summed E-state index contributed by atoms with van der Waals surface area (Å²) in [5, 5.41) is 2.37. The van der Waals surface area contributed by atoms with Crippen LogP contribution in [0.5, 0.6) is 0 Å². The number of likely N-dealkylation sites (tertiary alicyclic amines) is 1.